The molecule has 1 fully saturated rings. The first-order valence-corrected chi connectivity index (χ1v) is 7.55. The number of unbranched alkanes of at least 4 members (excludes halogenated alkanes) is 2. The highest BCUT2D eigenvalue weighted by molar-refractivity contribution is 4.84. The third kappa shape index (κ3) is 4.45. The summed E-state index contributed by atoms with van der Waals surface area (Å²) in [6, 6.07) is 0.824. The van der Waals surface area contributed by atoms with Crippen molar-refractivity contribution in [2.24, 2.45) is 11.8 Å². The molecule has 1 nitrogen and oxygen atoms in total. The van der Waals surface area contributed by atoms with E-state index in [4.69, 9.17) is 0 Å². The minimum atomic E-state index is 0.824. The topological polar surface area (TPSA) is 12.0 Å². The molecule has 1 aliphatic rings. The van der Waals surface area contributed by atoms with Crippen molar-refractivity contribution in [3.8, 4) is 0 Å². The van der Waals surface area contributed by atoms with Crippen LogP contribution in [-0.4, -0.2) is 12.6 Å². The van der Waals surface area contributed by atoms with Crippen LogP contribution in [0.15, 0.2) is 0 Å². The fraction of sp³-hybridized carbons (Fsp3) is 1.00. The monoisotopic (exact) mass is 225 g/mol. The van der Waals surface area contributed by atoms with Crippen molar-refractivity contribution in [2.75, 3.05) is 6.54 Å². The second-order valence-corrected chi connectivity index (χ2v) is 5.51. The molecule has 0 saturated heterocycles. The second-order valence-electron chi connectivity index (χ2n) is 5.51. The smallest absolute Gasteiger partial charge is 0.00954 e. The van der Waals surface area contributed by atoms with Crippen molar-refractivity contribution in [3.05, 3.63) is 0 Å². The molecule has 0 aromatic carbocycles. The zero-order valence-corrected chi connectivity index (χ0v) is 11.6. The van der Waals surface area contributed by atoms with Gasteiger partial charge in [-0.2, -0.15) is 0 Å². The molecule has 3 atom stereocenters. The summed E-state index contributed by atoms with van der Waals surface area (Å²) in [6.45, 7) is 8.06. The van der Waals surface area contributed by atoms with E-state index in [1.165, 1.54) is 51.4 Å². The lowest BCUT2D eigenvalue weighted by Crippen LogP contribution is -2.40. The standard InChI is InChI=1S/C15H31N/c1-4-7-8-9-14-12-13(5-2)10-11-15(14)16-6-3/h13-16H,4-12H2,1-3H3. The molecular formula is C15H31N. The first-order chi connectivity index (χ1) is 7.81. The van der Waals surface area contributed by atoms with E-state index in [1.54, 1.807) is 0 Å². The fourth-order valence-electron chi connectivity index (χ4n) is 3.24. The van der Waals surface area contributed by atoms with Gasteiger partial charge < -0.3 is 5.32 Å². The Bertz CT molecular complexity index is 167. The van der Waals surface area contributed by atoms with Gasteiger partial charge in [-0.3, -0.25) is 0 Å². The predicted molar refractivity (Wildman–Crippen MR) is 72.7 cm³/mol. The minimum Gasteiger partial charge on any atom is -0.314 e. The quantitative estimate of drug-likeness (QED) is 0.634. The first kappa shape index (κ1) is 14.0. The van der Waals surface area contributed by atoms with Gasteiger partial charge in [-0.25, -0.2) is 0 Å². The summed E-state index contributed by atoms with van der Waals surface area (Å²) in [5.74, 6) is 1.98. The molecule has 1 heteroatoms. The SMILES string of the molecule is CCCCCC1CC(CC)CCC1NCC. The van der Waals surface area contributed by atoms with Gasteiger partial charge in [0.25, 0.3) is 0 Å². The highest BCUT2D eigenvalue weighted by Gasteiger charge is 2.28. The summed E-state index contributed by atoms with van der Waals surface area (Å²) in [4.78, 5) is 0. The molecule has 0 amide bonds. The highest BCUT2D eigenvalue weighted by atomic mass is 14.9. The molecule has 0 radical (unpaired) electrons. The molecule has 1 rings (SSSR count). The lowest BCUT2D eigenvalue weighted by Gasteiger charge is -2.36. The van der Waals surface area contributed by atoms with Gasteiger partial charge in [0.1, 0.15) is 0 Å². The molecular weight excluding hydrogens is 194 g/mol. The van der Waals surface area contributed by atoms with Crippen LogP contribution in [-0.2, 0) is 0 Å². The van der Waals surface area contributed by atoms with Gasteiger partial charge in [-0.15, -0.1) is 0 Å². The summed E-state index contributed by atoms with van der Waals surface area (Å²) in [5.41, 5.74) is 0. The molecule has 3 unspecified atom stereocenters. The second kappa shape index (κ2) is 8.11. The Labute approximate surface area is 102 Å². The van der Waals surface area contributed by atoms with Crippen molar-refractivity contribution in [1.82, 2.24) is 5.32 Å². The van der Waals surface area contributed by atoms with Crippen LogP contribution in [0.2, 0.25) is 0 Å². The Morgan fingerprint density at radius 1 is 1.06 bits per heavy atom. The number of rotatable bonds is 7. The molecule has 0 aliphatic heterocycles. The summed E-state index contributed by atoms with van der Waals surface area (Å²) in [7, 11) is 0. The van der Waals surface area contributed by atoms with E-state index in [1.807, 2.05) is 0 Å². The van der Waals surface area contributed by atoms with Crippen molar-refractivity contribution < 1.29 is 0 Å². The molecule has 0 heterocycles. The lowest BCUT2D eigenvalue weighted by molar-refractivity contribution is 0.188. The van der Waals surface area contributed by atoms with Crippen LogP contribution in [0.1, 0.15) is 72.1 Å². The molecule has 1 aliphatic carbocycles. The van der Waals surface area contributed by atoms with Crippen LogP contribution in [0.25, 0.3) is 0 Å². The van der Waals surface area contributed by atoms with Gasteiger partial charge in [-0.05, 0) is 44.1 Å². The van der Waals surface area contributed by atoms with Crippen molar-refractivity contribution in [3.63, 3.8) is 0 Å². The van der Waals surface area contributed by atoms with Crippen LogP contribution in [0.4, 0.5) is 0 Å². The van der Waals surface area contributed by atoms with Crippen LogP contribution in [0, 0.1) is 11.8 Å². The number of hydrogen-bond donors (Lipinski definition) is 1. The fourth-order valence-corrected chi connectivity index (χ4v) is 3.24. The molecule has 0 aromatic rings. The lowest BCUT2D eigenvalue weighted by atomic mass is 9.75. The summed E-state index contributed by atoms with van der Waals surface area (Å²) in [5, 5.41) is 3.71. The van der Waals surface area contributed by atoms with Gasteiger partial charge in [-0.1, -0.05) is 46.5 Å². The summed E-state index contributed by atoms with van der Waals surface area (Å²) in [6.07, 6.45) is 11.4. The van der Waals surface area contributed by atoms with E-state index in [0.29, 0.717) is 0 Å². The Kier molecular flexibility index (Phi) is 7.11. The Morgan fingerprint density at radius 2 is 1.88 bits per heavy atom. The number of hydrogen-bond acceptors (Lipinski definition) is 1. The molecule has 1 N–H and O–H groups in total. The predicted octanol–water partition coefficient (Wildman–Crippen LogP) is 4.37. The van der Waals surface area contributed by atoms with Gasteiger partial charge >= 0.3 is 0 Å². The maximum absolute atomic E-state index is 3.71. The van der Waals surface area contributed by atoms with Crippen LogP contribution >= 0.6 is 0 Å². The van der Waals surface area contributed by atoms with E-state index in [9.17, 15) is 0 Å². The normalized spacial score (nSPS) is 30.6. The maximum Gasteiger partial charge on any atom is 0.00954 e. The number of nitrogens with one attached hydrogen (secondary N) is 1. The van der Waals surface area contributed by atoms with Crippen molar-refractivity contribution in [1.29, 1.82) is 0 Å². The van der Waals surface area contributed by atoms with Gasteiger partial charge in [0.05, 0.1) is 0 Å². The highest BCUT2D eigenvalue weighted by Crippen LogP contribution is 2.34. The van der Waals surface area contributed by atoms with Crippen LogP contribution < -0.4 is 5.32 Å². The largest absolute Gasteiger partial charge is 0.314 e. The van der Waals surface area contributed by atoms with Gasteiger partial charge in [0.15, 0.2) is 0 Å². The zero-order valence-electron chi connectivity index (χ0n) is 11.6. The molecule has 0 spiro atoms. The van der Waals surface area contributed by atoms with E-state index in [2.05, 4.69) is 26.1 Å². The van der Waals surface area contributed by atoms with E-state index in [-0.39, 0.29) is 0 Å². The third-order valence-electron chi connectivity index (χ3n) is 4.31. The van der Waals surface area contributed by atoms with Crippen molar-refractivity contribution >= 4 is 0 Å². The molecule has 1 saturated carbocycles. The van der Waals surface area contributed by atoms with Crippen molar-refractivity contribution in [2.45, 2.75) is 78.2 Å². The average molecular weight is 225 g/mol. The van der Waals surface area contributed by atoms with Gasteiger partial charge in [0, 0.05) is 6.04 Å². The Hall–Kier alpha value is -0.0400. The molecule has 0 bridgehead atoms. The Morgan fingerprint density at radius 3 is 2.50 bits per heavy atom. The maximum atomic E-state index is 3.71. The van der Waals surface area contributed by atoms with E-state index >= 15 is 0 Å². The van der Waals surface area contributed by atoms with Gasteiger partial charge in [0.2, 0.25) is 0 Å². The third-order valence-corrected chi connectivity index (χ3v) is 4.31. The average Bonchev–Trinajstić information content (AvgIpc) is 2.31. The molecule has 16 heavy (non-hydrogen) atoms. The van der Waals surface area contributed by atoms with Crippen LogP contribution in [0.5, 0.6) is 0 Å². The summed E-state index contributed by atoms with van der Waals surface area (Å²) < 4.78 is 0. The van der Waals surface area contributed by atoms with E-state index < -0.39 is 0 Å². The Balaban J connectivity index is 2.37. The van der Waals surface area contributed by atoms with Crippen LogP contribution in [0.3, 0.4) is 0 Å². The molecule has 96 valence electrons. The molecule has 0 aromatic heterocycles. The zero-order chi connectivity index (χ0) is 11.8. The first-order valence-electron chi connectivity index (χ1n) is 7.55. The van der Waals surface area contributed by atoms with E-state index in [0.717, 1.165) is 24.4 Å². The minimum absolute atomic E-state index is 0.824. The summed E-state index contributed by atoms with van der Waals surface area (Å²) >= 11 is 0.